The second-order valence-electron chi connectivity index (χ2n) is 6.94. The van der Waals surface area contributed by atoms with Crippen LogP contribution >= 0.6 is 0 Å². The molecule has 0 atom stereocenters. The number of para-hydroxylation sites is 1. The fourth-order valence-corrected chi connectivity index (χ4v) is 3.27. The molecule has 1 aromatic carbocycles. The van der Waals surface area contributed by atoms with Crippen LogP contribution in [0.25, 0.3) is 0 Å². The maximum Gasteiger partial charge on any atom is 0.191 e. The molecule has 0 unspecified atom stereocenters. The third kappa shape index (κ3) is 6.44. The molecule has 1 aliphatic rings. The van der Waals surface area contributed by atoms with E-state index in [2.05, 4.69) is 37.6 Å². The van der Waals surface area contributed by atoms with Gasteiger partial charge in [-0.25, -0.2) is 4.98 Å². The molecule has 1 fully saturated rings. The van der Waals surface area contributed by atoms with E-state index < -0.39 is 0 Å². The molecule has 28 heavy (non-hydrogen) atoms. The summed E-state index contributed by atoms with van der Waals surface area (Å²) in [6.45, 7) is 4.18. The van der Waals surface area contributed by atoms with Crippen LogP contribution in [0.15, 0.2) is 53.7 Å². The van der Waals surface area contributed by atoms with Gasteiger partial charge < -0.3 is 20.3 Å². The van der Waals surface area contributed by atoms with Crippen molar-refractivity contribution in [3.8, 4) is 5.75 Å². The highest BCUT2D eigenvalue weighted by molar-refractivity contribution is 5.79. The highest BCUT2D eigenvalue weighted by Gasteiger charge is 2.10. The predicted molar refractivity (Wildman–Crippen MR) is 115 cm³/mol. The van der Waals surface area contributed by atoms with Crippen molar-refractivity contribution in [1.29, 1.82) is 0 Å². The first-order chi connectivity index (χ1) is 13.8. The second kappa shape index (κ2) is 11.2. The van der Waals surface area contributed by atoms with Gasteiger partial charge in [0, 0.05) is 32.9 Å². The molecule has 0 saturated carbocycles. The monoisotopic (exact) mass is 381 g/mol. The van der Waals surface area contributed by atoms with Gasteiger partial charge in [-0.2, -0.15) is 0 Å². The highest BCUT2D eigenvalue weighted by atomic mass is 16.5. The molecule has 6 heteroatoms. The number of anilines is 1. The van der Waals surface area contributed by atoms with Gasteiger partial charge in [-0.15, -0.1) is 0 Å². The third-order valence-electron chi connectivity index (χ3n) is 4.83. The smallest absolute Gasteiger partial charge is 0.191 e. The van der Waals surface area contributed by atoms with Crippen molar-refractivity contribution in [2.45, 2.75) is 32.2 Å². The number of pyridine rings is 1. The summed E-state index contributed by atoms with van der Waals surface area (Å²) in [5, 5.41) is 6.59. The first-order valence-electron chi connectivity index (χ1n) is 10.2. The fraction of sp³-hybridized carbons (Fsp3) is 0.455. The van der Waals surface area contributed by atoms with Crippen molar-refractivity contribution in [3.05, 3.63) is 54.2 Å². The summed E-state index contributed by atoms with van der Waals surface area (Å²) in [5.41, 5.74) is 1.14. The van der Waals surface area contributed by atoms with Crippen LogP contribution in [0.4, 0.5) is 5.82 Å². The van der Waals surface area contributed by atoms with Crippen LogP contribution in [-0.2, 0) is 6.54 Å². The Morgan fingerprint density at radius 2 is 1.82 bits per heavy atom. The number of ether oxygens (including phenoxy) is 1. The number of nitrogens with zero attached hydrogens (tertiary/aromatic N) is 3. The van der Waals surface area contributed by atoms with Gasteiger partial charge in [0.15, 0.2) is 5.96 Å². The lowest BCUT2D eigenvalue weighted by Gasteiger charge is -2.21. The summed E-state index contributed by atoms with van der Waals surface area (Å²) in [5.74, 6) is 2.72. The Morgan fingerprint density at radius 3 is 2.50 bits per heavy atom. The van der Waals surface area contributed by atoms with E-state index in [1.165, 1.54) is 25.7 Å². The minimum Gasteiger partial charge on any atom is -0.492 e. The maximum absolute atomic E-state index is 5.68. The van der Waals surface area contributed by atoms with Gasteiger partial charge in [0.25, 0.3) is 0 Å². The number of guanidine groups is 1. The Kier molecular flexibility index (Phi) is 7.97. The topological polar surface area (TPSA) is 61.8 Å². The SMILES string of the molecule is CN=C(NCCOc1ccccc1)NCc1ccc(N2CCCCCC2)nc1. The van der Waals surface area contributed by atoms with E-state index in [4.69, 9.17) is 4.74 Å². The molecule has 2 aromatic rings. The van der Waals surface area contributed by atoms with E-state index in [1.54, 1.807) is 7.05 Å². The summed E-state index contributed by atoms with van der Waals surface area (Å²) in [4.78, 5) is 11.3. The van der Waals surface area contributed by atoms with Crippen LogP contribution in [0.5, 0.6) is 5.75 Å². The lowest BCUT2D eigenvalue weighted by Crippen LogP contribution is -2.38. The predicted octanol–water partition coefficient (Wildman–Crippen LogP) is 3.21. The van der Waals surface area contributed by atoms with Gasteiger partial charge in [0.2, 0.25) is 0 Å². The summed E-state index contributed by atoms with van der Waals surface area (Å²) >= 11 is 0. The summed E-state index contributed by atoms with van der Waals surface area (Å²) in [6.07, 6.45) is 7.16. The molecule has 6 nitrogen and oxygen atoms in total. The molecule has 0 spiro atoms. The maximum atomic E-state index is 5.68. The van der Waals surface area contributed by atoms with Crippen molar-refractivity contribution in [3.63, 3.8) is 0 Å². The Morgan fingerprint density at radius 1 is 1.04 bits per heavy atom. The van der Waals surface area contributed by atoms with Crippen LogP contribution in [0, 0.1) is 0 Å². The molecule has 0 bridgehead atoms. The van der Waals surface area contributed by atoms with Crippen LogP contribution in [-0.4, -0.2) is 44.2 Å². The summed E-state index contributed by atoms with van der Waals surface area (Å²) < 4.78 is 5.68. The van der Waals surface area contributed by atoms with Gasteiger partial charge in [-0.3, -0.25) is 4.99 Å². The molecule has 2 N–H and O–H groups in total. The minimum absolute atomic E-state index is 0.580. The third-order valence-corrected chi connectivity index (χ3v) is 4.83. The van der Waals surface area contributed by atoms with E-state index in [9.17, 15) is 0 Å². The number of hydrogen-bond donors (Lipinski definition) is 2. The molecule has 150 valence electrons. The van der Waals surface area contributed by atoms with Gasteiger partial charge in [-0.05, 0) is 36.6 Å². The summed E-state index contributed by atoms with van der Waals surface area (Å²) in [7, 11) is 1.77. The zero-order valence-electron chi connectivity index (χ0n) is 16.7. The zero-order chi connectivity index (χ0) is 19.4. The molecule has 0 aliphatic carbocycles. The average Bonchev–Trinajstić information content (AvgIpc) is 3.04. The Balaban J connectivity index is 1.39. The molecule has 0 amide bonds. The fourth-order valence-electron chi connectivity index (χ4n) is 3.27. The molecular formula is C22H31N5O. The minimum atomic E-state index is 0.580. The quantitative estimate of drug-likeness (QED) is 0.438. The lowest BCUT2D eigenvalue weighted by molar-refractivity contribution is 0.322. The number of aromatic nitrogens is 1. The van der Waals surface area contributed by atoms with E-state index >= 15 is 0 Å². The molecule has 3 rings (SSSR count). The first kappa shape index (κ1) is 20.0. The average molecular weight is 382 g/mol. The summed E-state index contributed by atoms with van der Waals surface area (Å²) in [6, 6.07) is 14.1. The van der Waals surface area contributed by atoms with Crippen LogP contribution in [0.3, 0.4) is 0 Å². The van der Waals surface area contributed by atoms with Crippen molar-refractivity contribution < 1.29 is 4.74 Å². The number of nitrogens with one attached hydrogen (secondary N) is 2. The molecule has 2 heterocycles. The van der Waals surface area contributed by atoms with Gasteiger partial charge in [0.05, 0.1) is 6.54 Å². The molecule has 1 aliphatic heterocycles. The van der Waals surface area contributed by atoms with E-state index in [0.29, 0.717) is 19.7 Å². The molecular weight excluding hydrogens is 350 g/mol. The Hall–Kier alpha value is -2.76. The van der Waals surface area contributed by atoms with Crippen LogP contribution in [0.1, 0.15) is 31.2 Å². The van der Waals surface area contributed by atoms with Crippen LogP contribution in [0.2, 0.25) is 0 Å². The number of rotatable bonds is 7. The van der Waals surface area contributed by atoms with Crippen molar-refractivity contribution in [2.24, 2.45) is 4.99 Å². The highest BCUT2D eigenvalue weighted by Crippen LogP contribution is 2.17. The first-order valence-corrected chi connectivity index (χ1v) is 10.2. The Labute approximate surface area is 168 Å². The zero-order valence-corrected chi connectivity index (χ0v) is 16.7. The van der Waals surface area contributed by atoms with Gasteiger partial charge in [-0.1, -0.05) is 37.1 Å². The normalized spacial score (nSPS) is 15.0. The van der Waals surface area contributed by atoms with E-state index in [0.717, 1.165) is 36.2 Å². The Bertz CT molecular complexity index is 709. The van der Waals surface area contributed by atoms with E-state index in [1.807, 2.05) is 36.5 Å². The van der Waals surface area contributed by atoms with Crippen LogP contribution < -0.4 is 20.3 Å². The molecule has 1 saturated heterocycles. The lowest BCUT2D eigenvalue weighted by atomic mass is 10.2. The second-order valence-corrected chi connectivity index (χ2v) is 6.94. The van der Waals surface area contributed by atoms with Gasteiger partial charge >= 0.3 is 0 Å². The van der Waals surface area contributed by atoms with Crippen molar-refractivity contribution in [2.75, 3.05) is 38.2 Å². The standard InChI is InChI=1S/C22H31N5O/c1-23-22(24-13-16-28-20-9-5-4-6-10-20)26-18-19-11-12-21(25-17-19)27-14-7-2-3-8-15-27/h4-6,9-12,17H,2-3,7-8,13-16,18H2,1H3,(H2,23,24,26). The number of hydrogen-bond acceptors (Lipinski definition) is 4. The number of aliphatic imine (C=N–C) groups is 1. The van der Waals surface area contributed by atoms with E-state index in [-0.39, 0.29) is 0 Å². The number of benzene rings is 1. The molecule has 0 radical (unpaired) electrons. The van der Waals surface area contributed by atoms with Crippen molar-refractivity contribution >= 4 is 11.8 Å². The van der Waals surface area contributed by atoms with Crippen molar-refractivity contribution in [1.82, 2.24) is 15.6 Å². The van der Waals surface area contributed by atoms with Gasteiger partial charge in [0.1, 0.15) is 18.2 Å². The molecule has 1 aromatic heterocycles. The largest absolute Gasteiger partial charge is 0.492 e.